The van der Waals surface area contributed by atoms with Crippen LogP contribution in [0.2, 0.25) is 0 Å². The van der Waals surface area contributed by atoms with Gasteiger partial charge in [-0.2, -0.15) is 13.2 Å². The molecule has 104 valence electrons. The largest absolute Gasteiger partial charge is 0.425 e. The molecular formula is C9H14F6O2. The maximum atomic E-state index is 13.0. The summed E-state index contributed by atoms with van der Waals surface area (Å²) in [6.07, 6.45) is -12.0. The molecule has 0 aliphatic carbocycles. The number of hydrogen-bond donors (Lipinski definition) is 0. The van der Waals surface area contributed by atoms with Gasteiger partial charge >= 0.3 is 12.1 Å². The van der Waals surface area contributed by atoms with Crippen LogP contribution in [-0.4, -0.2) is 44.2 Å². The van der Waals surface area contributed by atoms with Gasteiger partial charge in [0.05, 0.1) is 13.2 Å². The van der Waals surface area contributed by atoms with Crippen molar-refractivity contribution < 1.29 is 35.8 Å². The molecule has 0 radical (unpaired) electrons. The molecule has 0 fully saturated rings. The number of halogens is 6. The van der Waals surface area contributed by atoms with Crippen LogP contribution in [0.1, 0.15) is 13.8 Å². The standard InChI is InChI=1S/C9H14F6O2/c1-3-16-4-5-17-6(2)8(11,12)7(10)9(13,14)15/h6-7H,3-5H2,1-2H3. The molecule has 0 aliphatic rings. The van der Waals surface area contributed by atoms with Gasteiger partial charge < -0.3 is 9.47 Å². The Labute approximate surface area is 94.9 Å². The first-order chi connectivity index (χ1) is 7.64. The minimum atomic E-state index is -5.61. The van der Waals surface area contributed by atoms with E-state index < -0.39 is 24.4 Å². The summed E-state index contributed by atoms with van der Waals surface area (Å²) in [5.74, 6) is -4.62. The van der Waals surface area contributed by atoms with Crippen molar-refractivity contribution in [2.75, 3.05) is 19.8 Å². The Hall–Kier alpha value is -0.500. The summed E-state index contributed by atoms with van der Waals surface area (Å²) in [6, 6.07) is 0. The number of rotatable bonds is 7. The zero-order chi connectivity index (χ0) is 13.7. The van der Waals surface area contributed by atoms with Gasteiger partial charge in [-0.15, -0.1) is 0 Å². The third kappa shape index (κ3) is 5.12. The highest BCUT2D eigenvalue weighted by Gasteiger charge is 2.59. The van der Waals surface area contributed by atoms with E-state index in [-0.39, 0.29) is 13.2 Å². The van der Waals surface area contributed by atoms with Gasteiger partial charge in [-0.05, 0) is 13.8 Å². The Morgan fingerprint density at radius 2 is 1.59 bits per heavy atom. The lowest BCUT2D eigenvalue weighted by Crippen LogP contribution is -2.49. The van der Waals surface area contributed by atoms with Crippen molar-refractivity contribution in [1.82, 2.24) is 0 Å². The number of hydrogen-bond acceptors (Lipinski definition) is 2. The van der Waals surface area contributed by atoms with Crippen LogP contribution in [0.25, 0.3) is 0 Å². The van der Waals surface area contributed by atoms with Crippen molar-refractivity contribution in [2.45, 2.75) is 38.2 Å². The van der Waals surface area contributed by atoms with Crippen molar-refractivity contribution in [3.05, 3.63) is 0 Å². The Balaban J connectivity index is 4.29. The summed E-state index contributed by atoms with van der Waals surface area (Å²) in [7, 11) is 0. The van der Waals surface area contributed by atoms with Crippen molar-refractivity contribution >= 4 is 0 Å². The molecule has 0 spiro atoms. The molecule has 0 N–H and O–H groups in total. The number of alkyl halides is 6. The quantitative estimate of drug-likeness (QED) is 0.522. The molecule has 17 heavy (non-hydrogen) atoms. The Bertz CT molecular complexity index is 218. The van der Waals surface area contributed by atoms with Gasteiger partial charge in [0.1, 0.15) is 6.10 Å². The fraction of sp³-hybridized carbons (Fsp3) is 1.00. The molecule has 0 aliphatic heterocycles. The van der Waals surface area contributed by atoms with Crippen molar-refractivity contribution in [3.8, 4) is 0 Å². The van der Waals surface area contributed by atoms with Crippen molar-refractivity contribution in [2.24, 2.45) is 0 Å². The zero-order valence-corrected chi connectivity index (χ0v) is 9.36. The highest BCUT2D eigenvalue weighted by molar-refractivity contribution is 4.87. The van der Waals surface area contributed by atoms with Crippen LogP contribution in [0, 0.1) is 0 Å². The molecule has 0 saturated heterocycles. The summed E-state index contributed by atoms with van der Waals surface area (Å²) in [4.78, 5) is 0. The lowest BCUT2D eigenvalue weighted by molar-refractivity contribution is -0.271. The molecule has 0 heterocycles. The second-order valence-corrected chi connectivity index (χ2v) is 3.29. The van der Waals surface area contributed by atoms with E-state index in [1.807, 2.05) is 0 Å². The summed E-state index contributed by atoms with van der Waals surface area (Å²) in [6.45, 7) is 2.29. The Morgan fingerprint density at radius 1 is 1.06 bits per heavy atom. The Kier molecular flexibility index (Phi) is 6.25. The molecule has 2 unspecified atom stereocenters. The minimum absolute atomic E-state index is 0.0418. The SMILES string of the molecule is CCOCCOC(C)C(F)(F)C(F)C(F)(F)F. The van der Waals surface area contributed by atoms with Gasteiger partial charge in [0.15, 0.2) is 0 Å². The second-order valence-electron chi connectivity index (χ2n) is 3.29. The van der Waals surface area contributed by atoms with Crippen LogP contribution >= 0.6 is 0 Å². The van der Waals surface area contributed by atoms with Crippen LogP contribution < -0.4 is 0 Å². The van der Waals surface area contributed by atoms with Crippen LogP contribution in [0.15, 0.2) is 0 Å². The third-order valence-corrected chi connectivity index (χ3v) is 1.97. The van der Waals surface area contributed by atoms with Crippen LogP contribution in [0.4, 0.5) is 26.3 Å². The average molecular weight is 268 g/mol. The van der Waals surface area contributed by atoms with Gasteiger partial charge in [0.2, 0.25) is 0 Å². The molecular weight excluding hydrogens is 254 g/mol. The lowest BCUT2D eigenvalue weighted by atomic mass is 10.1. The van der Waals surface area contributed by atoms with E-state index in [4.69, 9.17) is 4.74 Å². The topological polar surface area (TPSA) is 18.5 Å². The molecule has 0 bridgehead atoms. The summed E-state index contributed by atoms with van der Waals surface area (Å²) in [5, 5.41) is 0. The van der Waals surface area contributed by atoms with E-state index >= 15 is 0 Å². The van der Waals surface area contributed by atoms with Gasteiger partial charge in [0.25, 0.3) is 6.17 Å². The average Bonchev–Trinajstić information content (AvgIpc) is 2.21. The fourth-order valence-electron chi connectivity index (χ4n) is 0.964. The van der Waals surface area contributed by atoms with E-state index in [0.717, 1.165) is 0 Å². The first-order valence-electron chi connectivity index (χ1n) is 4.92. The normalized spacial score (nSPS) is 16.9. The Morgan fingerprint density at radius 3 is 2.00 bits per heavy atom. The fourth-order valence-corrected chi connectivity index (χ4v) is 0.964. The van der Waals surface area contributed by atoms with E-state index in [2.05, 4.69) is 4.74 Å². The van der Waals surface area contributed by atoms with E-state index in [1.54, 1.807) is 6.92 Å². The molecule has 0 aromatic carbocycles. The zero-order valence-electron chi connectivity index (χ0n) is 9.36. The molecule has 0 aromatic rings. The molecule has 2 nitrogen and oxygen atoms in total. The highest BCUT2D eigenvalue weighted by Crippen LogP contribution is 2.37. The van der Waals surface area contributed by atoms with E-state index in [1.165, 1.54) is 0 Å². The molecule has 0 aromatic heterocycles. The van der Waals surface area contributed by atoms with Crippen molar-refractivity contribution in [1.29, 1.82) is 0 Å². The van der Waals surface area contributed by atoms with E-state index in [9.17, 15) is 26.3 Å². The van der Waals surface area contributed by atoms with Crippen LogP contribution in [0.5, 0.6) is 0 Å². The second kappa shape index (κ2) is 6.44. The summed E-state index contributed by atoms with van der Waals surface area (Å²) < 4.78 is 83.0. The highest BCUT2D eigenvalue weighted by atomic mass is 19.4. The van der Waals surface area contributed by atoms with Gasteiger partial charge in [-0.25, -0.2) is 13.2 Å². The summed E-state index contributed by atoms with van der Waals surface area (Å²) in [5.41, 5.74) is 0. The molecule has 0 saturated carbocycles. The smallest absolute Gasteiger partial charge is 0.379 e. The predicted molar refractivity (Wildman–Crippen MR) is 47.8 cm³/mol. The van der Waals surface area contributed by atoms with E-state index in [0.29, 0.717) is 13.5 Å². The predicted octanol–water partition coefficient (Wildman–Crippen LogP) is 2.96. The molecule has 8 heteroatoms. The number of ether oxygens (including phenoxy) is 2. The van der Waals surface area contributed by atoms with Crippen LogP contribution in [-0.2, 0) is 9.47 Å². The maximum absolute atomic E-state index is 13.0. The monoisotopic (exact) mass is 268 g/mol. The van der Waals surface area contributed by atoms with Crippen molar-refractivity contribution in [3.63, 3.8) is 0 Å². The first kappa shape index (κ1) is 16.5. The van der Waals surface area contributed by atoms with Gasteiger partial charge in [0, 0.05) is 6.61 Å². The van der Waals surface area contributed by atoms with Gasteiger partial charge in [-0.1, -0.05) is 0 Å². The molecule has 0 amide bonds. The third-order valence-electron chi connectivity index (χ3n) is 1.97. The molecule has 0 rings (SSSR count). The maximum Gasteiger partial charge on any atom is 0.425 e. The molecule has 2 atom stereocenters. The minimum Gasteiger partial charge on any atom is -0.379 e. The van der Waals surface area contributed by atoms with Crippen LogP contribution in [0.3, 0.4) is 0 Å². The summed E-state index contributed by atoms with van der Waals surface area (Å²) >= 11 is 0. The first-order valence-corrected chi connectivity index (χ1v) is 4.92. The lowest BCUT2D eigenvalue weighted by Gasteiger charge is -2.27. The van der Waals surface area contributed by atoms with Gasteiger partial charge in [-0.3, -0.25) is 0 Å².